The van der Waals surface area contributed by atoms with Crippen molar-refractivity contribution in [2.24, 2.45) is 17.3 Å². The van der Waals surface area contributed by atoms with Gasteiger partial charge >= 0.3 is 0 Å². The third kappa shape index (κ3) is 3.60. The normalized spacial score (nSPS) is 26.2. The fourth-order valence-corrected chi connectivity index (χ4v) is 3.43. The first-order valence-corrected chi connectivity index (χ1v) is 7.62. The number of hydrogen-bond donors (Lipinski definition) is 1. The molecule has 0 aliphatic heterocycles. The first kappa shape index (κ1) is 14.6. The van der Waals surface area contributed by atoms with Gasteiger partial charge in [-0.05, 0) is 55.4 Å². The fourth-order valence-electron chi connectivity index (χ4n) is 3.43. The van der Waals surface area contributed by atoms with Crippen molar-refractivity contribution in [1.82, 2.24) is 0 Å². The summed E-state index contributed by atoms with van der Waals surface area (Å²) in [6.07, 6.45) is 4.57. The molecule has 1 unspecified atom stereocenters. The molecule has 1 aromatic rings. The molecule has 2 rings (SSSR count). The first-order valence-electron chi connectivity index (χ1n) is 7.62. The molecule has 1 atom stereocenters. The number of aliphatic hydroxyl groups excluding tert-OH is 1. The van der Waals surface area contributed by atoms with E-state index in [-0.39, 0.29) is 6.10 Å². The Kier molecular flexibility index (Phi) is 4.35. The van der Waals surface area contributed by atoms with Crippen LogP contribution in [0.15, 0.2) is 24.3 Å². The van der Waals surface area contributed by atoms with Crippen LogP contribution in [0.3, 0.4) is 0 Å². The van der Waals surface area contributed by atoms with Crippen molar-refractivity contribution in [3.63, 3.8) is 0 Å². The minimum Gasteiger partial charge on any atom is -0.388 e. The molecule has 1 aromatic carbocycles. The van der Waals surface area contributed by atoms with Crippen LogP contribution in [0.2, 0.25) is 0 Å². The summed E-state index contributed by atoms with van der Waals surface area (Å²) < 4.78 is 0. The van der Waals surface area contributed by atoms with E-state index >= 15 is 0 Å². The summed E-state index contributed by atoms with van der Waals surface area (Å²) in [4.78, 5) is 0. The Bertz CT molecular complexity index is 408. The molecule has 1 heteroatoms. The fraction of sp³-hybridized carbons (Fsp3) is 0.667. The zero-order valence-corrected chi connectivity index (χ0v) is 12.8. The highest BCUT2D eigenvalue weighted by molar-refractivity contribution is 5.24. The van der Waals surface area contributed by atoms with E-state index in [0.717, 1.165) is 24.3 Å². The zero-order valence-electron chi connectivity index (χ0n) is 12.8. The molecule has 0 radical (unpaired) electrons. The smallest absolute Gasteiger partial charge is 0.0818 e. The van der Waals surface area contributed by atoms with Crippen LogP contribution in [0, 0.1) is 24.2 Å². The topological polar surface area (TPSA) is 20.2 Å². The van der Waals surface area contributed by atoms with Gasteiger partial charge in [-0.15, -0.1) is 0 Å². The number of hydrogen-bond acceptors (Lipinski definition) is 1. The van der Waals surface area contributed by atoms with Gasteiger partial charge in [0.05, 0.1) is 6.10 Å². The second-order valence-corrected chi connectivity index (χ2v) is 7.34. The van der Waals surface area contributed by atoms with Crippen molar-refractivity contribution in [3.8, 4) is 0 Å². The van der Waals surface area contributed by atoms with E-state index in [9.17, 15) is 5.11 Å². The van der Waals surface area contributed by atoms with E-state index in [1.54, 1.807) is 0 Å². The SMILES string of the molecule is Cc1cccc(C(O)C2CCC(C(C)(C)C)CC2)c1. The van der Waals surface area contributed by atoms with E-state index in [4.69, 9.17) is 0 Å². The van der Waals surface area contributed by atoms with E-state index in [0.29, 0.717) is 11.3 Å². The van der Waals surface area contributed by atoms with Gasteiger partial charge in [0.1, 0.15) is 0 Å². The minimum absolute atomic E-state index is 0.277. The van der Waals surface area contributed by atoms with Crippen LogP contribution in [0.5, 0.6) is 0 Å². The third-order valence-electron chi connectivity index (χ3n) is 4.83. The second kappa shape index (κ2) is 5.66. The summed E-state index contributed by atoms with van der Waals surface area (Å²) in [5.74, 6) is 1.26. The Morgan fingerprint density at radius 1 is 1.11 bits per heavy atom. The lowest BCUT2D eigenvalue weighted by molar-refractivity contribution is 0.0528. The predicted molar refractivity (Wildman–Crippen MR) is 81.0 cm³/mol. The number of benzene rings is 1. The van der Waals surface area contributed by atoms with Crippen LogP contribution in [0.4, 0.5) is 0 Å². The van der Waals surface area contributed by atoms with Gasteiger partial charge in [-0.1, -0.05) is 50.6 Å². The van der Waals surface area contributed by atoms with Crippen LogP contribution < -0.4 is 0 Å². The van der Waals surface area contributed by atoms with E-state index in [2.05, 4.69) is 52.0 Å². The molecular formula is C18H28O. The molecule has 106 valence electrons. The van der Waals surface area contributed by atoms with Crippen molar-refractivity contribution >= 4 is 0 Å². The highest BCUT2D eigenvalue weighted by Gasteiger charge is 2.32. The van der Waals surface area contributed by atoms with Crippen molar-refractivity contribution in [3.05, 3.63) is 35.4 Å². The largest absolute Gasteiger partial charge is 0.388 e. The average molecular weight is 260 g/mol. The molecule has 0 amide bonds. The maximum atomic E-state index is 10.6. The minimum atomic E-state index is -0.277. The molecule has 0 heterocycles. The molecule has 1 aliphatic rings. The Morgan fingerprint density at radius 2 is 1.74 bits per heavy atom. The van der Waals surface area contributed by atoms with Crippen molar-refractivity contribution in [2.75, 3.05) is 0 Å². The van der Waals surface area contributed by atoms with E-state index in [1.165, 1.54) is 18.4 Å². The van der Waals surface area contributed by atoms with Gasteiger partial charge in [0.25, 0.3) is 0 Å². The third-order valence-corrected chi connectivity index (χ3v) is 4.83. The highest BCUT2D eigenvalue weighted by atomic mass is 16.3. The van der Waals surface area contributed by atoms with Crippen LogP contribution in [0.1, 0.15) is 63.7 Å². The zero-order chi connectivity index (χ0) is 14.0. The van der Waals surface area contributed by atoms with Gasteiger partial charge in [-0.3, -0.25) is 0 Å². The van der Waals surface area contributed by atoms with Crippen molar-refractivity contribution in [1.29, 1.82) is 0 Å². The van der Waals surface area contributed by atoms with E-state index in [1.807, 2.05) is 0 Å². The maximum absolute atomic E-state index is 10.6. The van der Waals surface area contributed by atoms with Crippen LogP contribution >= 0.6 is 0 Å². The Morgan fingerprint density at radius 3 is 2.26 bits per heavy atom. The van der Waals surface area contributed by atoms with Gasteiger partial charge < -0.3 is 5.11 Å². The summed E-state index contributed by atoms with van der Waals surface area (Å²) >= 11 is 0. The maximum Gasteiger partial charge on any atom is 0.0818 e. The number of aryl methyl sites for hydroxylation is 1. The summed E-state index contributed by atoms with van der Waals surface area (Å²) in [6.45, 7) is 9.12. The average Bonchev–Trinajstić information content (AvgIpc) is 2.37. The molecule has 1 fully saturated rings. The van der Waals surface area contributed by atoms with Gasteiger partial charge in [-0.2, -0.15) is 0 Å². The lowest BCUT2D eigenvalue weighted by atomic mass is 9.68. The summed E-state index contributed by atoms with van der Waals surface area (Å²) in [5, 5.41) is 10.6. The Labute approximate surface area is 118 Å². The molecule has 0 saturated heterocycles. The predicted octanol–water partition coefficient (Wildman–Crippen LogP) is 4.88. The molecule has 1 N–H and O–H groups in total. The second-order valence-electron chi connectivity index (χ2n) is 7.34. The Balaban J connectivity index is 1.98. The molecule has 0 bridgehead atoms. The summed E-state index contributed by atoms with van der Waals surface area (Å²) in [5.41, 5.74) is 2.75. The van der Waals surface area contributed by atoms with Crippen LogP contribution in [-0.2, 0) is 0 Å². The lowest BCUT2D eigenvalue weighted by Crippen LogP contribution is -2.28. The van der Waals surface area contributed by atoms with Gasteiger partial charge in [0.2, 0.25) is 0 Å². The molecule has 19 heavy (non-hydrogen) atoms. The molecule has 0 aromatic heterocycles. The molecule has 1 nitrogen and oxygen atoms in total. The van der Waals surface area contributed by atoms with Crippen LogP contribution in [-0.4, -0.2) is 5.11 Å². The Hall–Kier alpha value is -0.820. The van der Waals surface area contributed by atoms with Gasteiger partial charge in [0, 0.05) is 0 Å². The monoisotopic (exact) mass is 260 g/mol. The standard InChI is InChI=1S/C18H28O/c1-13-6-5-7-15(12-13)17(19)14-8-10-16(11-9-14)18(2,3)4/h5-7,12,14,16-17,19H,8-11H2,1-4H3. The van der Waals surface area contributed by atoms with Gasteiger partial charge in [0.15, 0.2) is 0 Å². The molecule has 0 spiro atoms. The lowest BCUT2D eigenvalue weighted by Gasteiger charge is -2.38. The van der Waals surface area contributed by atoms with E-state index < -0.39 is 0 Å². The highest BCUT2D eigenvalue weighted by Crippen LogP contribution is 2.43. The van der Waals surface area contributed by atoms with Crippen molar-refractivity contribution < 1.29 is 5.11 Å². The quantitative estimate of drug-likeness (QED) is 0.803. The van der Waals surface area contributed by atoms with Gasteiger partial charge in [-0.25, -0.2) is 0 Å². The van der Waals surface area contributed by atoms with Crippen LogP contribution in [0.25, 0.3) is 0 Å². The summed E-state index contributed by atoms with van der Waals surface area (Å²) in [6, 6.07) is 8.33. The number of aliphatic hydroxyl groups is 1. The molecule has 1 aliphatic carbocycles. The number of rotatable bonds is 2. The summed E-state index contributed by atoms with van der Waals surface area (Å²) in [7, 11) is 0. The molecule has 1 saturated carbocycles. The molecular weight excluding hydrogens is 232 g/mol. The first-order chi connectivity index (χ1) is 8.88. The van der Waals surface area contributed by atoms with Crippen molar-refractivity contribution in [2.45, 2.75) is 59.5 Å².